The van der Waals surface area contributed by atoms with Gasteiger partial charge in [-0.05, 0) is 45.2 Å². The quantitative estimate of drug-likeness (QED) is 0.477. The summed E-state index contributed by atoms with van der Waals surface area (Å²) in [4.78, 5) is 0. The van der Waals surface area contributed by atoms with E-state index in [1.165, 1.54) is 0 Å². The Morgan fingerprint density at radius 2 is 1.29 bits per heavy atom. The molecule has 0 aliphatic heterocycles. The summed E-state index contributed by atoms with van der Waals surface area (Å²) in [7, 11) is 0.500. The fraction of sp³-hybridized carbons (Fsp3) is 1.00. The molecule has 5 heteroatoms. The molecule has 0 aromatic rings. The van der Waals surface area contributed by atoms with Crippen LogP contribution in [0.25, 0.3) is 0 Å². The molecule has 1 nitrogen and oxygen atoms in total. The molecule has 0 aliphatic carbocycles. The van der Waals surface area contributed by atoms with Crippen LogP contribution < -0.4 is 0 Å². The summed E-state index contributed by atoms with van der Waals surface area (Å²) in [5, 5.41) is 0. The Morgan fingerprint density at radius 1 is 1.29 bits per heavy atom. The second kappa shape index (κ2) is 15.7. The fourth-order valence-corrected chi connectivity index (χ4v) is 0. The van der Waals surface area contributed by atoms with Crippen LogP contribution in [-0.4, -0.2) is 14.8 Å². The van der Waals surface area contributed by atoms with E-state index in [2.05, 4.69) is 0 Å². The van der Waals surface area contributed by atoms with Gasteiger partial charge in [0.25, 0.3) is 0 Å². The first kappa shape index (κ1) is 15.7. The van der Waals surface area contributed by atoms with Crippen LogP contribution in [0.2, 0.25) is 0 Å². The summed E-state index contributed by atoms with van der Waals surface area (Å²) in [6.07, 6.45) is 0. The molecule has 0 fully saturated rings. The van der Waals surface area contributed by atoms with E-state index < -0.39 is 2.19 Å². The summed E-state index contributed by atoms with van der Waals surface area (Å²) < 4.78 is 19.7. The van der Waals surface area contributed by atoms with Crippen molar-refractivity contribution < 1.29 is 14.3 Å². The molecule has 0 bridgehead atoms. The zero-order valence-corrected chi connectivity index (χ0v) is 7.90. The first-order chi connectivity index (χ1) is 2.73. The highest BCUT2D eigenvalue weighted by atomic mass is 127. The Bertz CT molecular complexity index is 18.4. The van der Waals surface area contributed by atoms with Gasteiger partial charge in [0.1, 0.15) is 0 Å². The molecular weight excluding hydrogens is 332 g/mol. The van der Waals surface area contributed by atoms with Crippen LogP contribution in [0.1, 0.15) is 0 Å². The Kier molecular flexibility index (Phi) is 35.2. The monoisotopic (exact) mass is 338 g/mol. The highest BCUT2D eigenvalue weighted by molar-refractivity contribution is 14.2. The first-order valence-electron chi connectivity index (χ1n) is 1.03. The van der Waals surface area contributed by atoms with Gasteiger partial charge in [0.15, 0.2) is 0 Å². The first-order valence-corrected chi connectivity index (χ1v) is 3.52. The second-order valence-corrected chi connectivity index (χ2v) is 4.82. The van der Waals surface area contributed by atoms with Crippen LogP contribution in [-0.2, 0) is 0 Å². The molecule has 0 aliphatic rings. The van der Waals surface area contributed by atoms with Crippen molar-refractivity contribution in [1.82, 2.24) is 0 Å². The average molecular weight is 338 g/mol. The molecule has 7 heavy (non-hydrogen) atoms. The van der Waals surface area contributed by atoms with Crippen LogP contribution in [0.4, 0.5) is 8.78 Å². The summed E-state index contributed by atoms with van der Waals surface area (Å²) in [6.45, 7) is 0. The lowest BCUT2D eigenvalue weighted by atomic mass is 11.9. The Labute approximate surface area is 68.4 Å². The van der Waals surface area contributed by atoms with E-state index in [-0.39, 0.29) is 5.48 Å². The normalized spacial score (nSPS) is 6.00. The summed E-state index contributed by atoms with van der Waals surface area (Å²) in [5.74, 6) is 0. The molecule has 0 amide bonds. The molecule has 0 radical (unpaired) electrons. The van der Waals surface area contributed by atoms with Crippen LogP contribution in [0.3, 0.4) is 0 Å². The summed E-state index contributed by atoms with van der Waals surface area (Å²) in [5.41, 5.74) is 0. The average Bonchev–Trinajstić information content (AvgIpc) is 1.41. The minimum Gasteiger partial charge on any atom is -0.412 e. The topological polar surface area (TPSA) is 31.5 Å². The number of halogens is 4. The molecule has 0 saturated carbocycles. The maximum Gasteiger partial charge on any atom is 0.201 e. The van der Waals surface area contributed by atoms with Gasteiger partial charge in [-0.3, -0.25) is 4.39 Å². The third kappa shape index (κ3) is 124. The van der Waals surface area contributed by atoms with E-state index in [0.29, 0.717) is 7.18 Å². The van der Waals surface area contributed by atoms with Gasteiger partial charge in [0.2, 0.25) is 2.19 Å². The largest absolute Gasteiger partial charge is 0.412 e. The van der Waals surface area contributed by atoms with Crippen molar-refractivity contribution in [2.75, 3.05) is 7.18 Å². The predicted octanol–water partition coefficient (Wildman–Crippen LogP) is 1.87. The second-order valence-electron chi connectivity index (χ2n) is 0.247. The van der Waals surface area contributed by atoms with Crippen LogP contribution in [0, 0.1) is 0 Å². The van der Waals surface area contributed by atoms with Crippen molar-refractivity contribution in [2.24, 2.45) is 0 Å². The standard InChI is InChI=1S/CHFI2.CH3F.H2O/c2-1(3)4;1-2;/h1H;1H3;1H2. The molecule has 0 spiro atoms. The predicted molar refractivity (Wildman–Crippen MR) is 43.6 cm³/mol. The van der Waals surface area contributed by atoms with Crippen molar-refractivity contribution in [1.29, 1.82) is 0 Å². The van der Waals surface area contributed by atoms with E-state index in [4.69, 9.17) is 0 Å². The molecule has 0 aromatic carbocycles. The zero-order chi connectivity index (χ0) is 5.58. The van der Waals surface area contributed by atoms with Crippen molar-refractivity contribution in [3.05, 3.63) is 0 Å². The highest BCUT2D eigenvalue weighted by Crippen LogP contribution is 2.08. The van der Waals surface area contributed by atoms with Crippen molar-refractivity contribution >= 4 is 45.2 Å². The van der Waals surface area contributed by atoms with Crippen LogP contribution in [0.5, 0.6) is 0 Å². The molecular formula is C2H6F2I2O. The zero-order valence-electron chi connectivity index (χ0n) is 3.59. The molecule has 0 rings (SSSR count). The van der Waals surface area contributed by atoms with Crippen molar-refractivity contribution in [3.8, 4) is 0 Å². The molecule has 0 atom stereocenters. The van der Waals surface area contributed by atoms with Gasteiger partial charge in [-0.15, -0.1) is 0 Å². The summed E-state index contributed by atoms with van der Waals surface area (Å²) in [6, 6.07) is 0. The lowest BCUT2D eigenvalue weighted by molar-refractivity contribution is 0.603. The van der Waals surface area contributed by atoms with Gasteiger partial charge in [-0.1, -0.05) is 0 Å². The molecule has 0 aromatic heterocycles. The van der Waals surface area contributed by atoms with Crippen LogP contribution in [0.15, 0.2) is 0 Å². The Balaban J connectivity index is -0.0000000480. The third-order valence-corrected chi connectivity index (χ3v) is 0. The lowest BCUT2D eigenvalue weighted by Gasteiger charge is -1.69. The number of hydrogen-bond acceptors (Lipinski definition) is 0. The fourth-order valence-electron chi connectivity index (χ4n) is 0. The molecule has 0 heterocycles. The summed E-state index contributed by atoms with van der Waals surface area (Å²) >= 11 is 3.33. The number of alkyl halides is 4. The maximum atomic E-state index is 11.0. The molecule has 48 valence electrons. The van der Waals surface area contributed by atoms with Gasteiger partial charge >= 0.3 is 0 Å². The smallest absolute Gasteiger partial charge is 0.201 e. The minimum absolute atomic E-state index is 0. The number of hydrogen-bond donors (Lipinski definition) is 0. The van der Waals surface area contributed by atoms with E-state index in [9.17, 15) is 8.78 Å². The van der Waals surface area contributed by atoms with Crippen molar-refractivity contribution in [3.63, 3.8) is 0 Å². The molecule has 2 N–H and O–H groups in total. The lowest BCUT2D eigenvalue weighted by Crippen LogP contribution is -1.54. The highest BCUT2D eigenvalue weighted by Gasteiger charge is 1.79. The van der Waals surface area contributed by atoms with Gasteiger partial charge in [0, 0.05) is 0 Å². The third-order valence-electron chi connectivity index (χ3n) is 0. The maximum absolute atomic E-state index is 11.0. The van der Waals surface area contributed by atoms with Gasteiger partial charge in [-0.25, -0.2) is 4.39 Å². The minimum atomic E-state index is -0.727. The molecule has 0 saturated heterocycles. The Hall–Kier alpha value is 1.28. The van der Waals surface area contributed by atoms with Crippen molar-refractivity contribution in [2.45, 2.75) is 2.19 Å². The van der Waals surface area contributed by atoms with Crippen LogP contribution >= 0.6 is 45.2 Å². The van der Waals surface area contributed by atoms with E-state index in [0.717, 1.165) is 0 Å². The van der Waals surface area contributed by atoms with Gasteiger partial charge in [-0.2, -0.15) is 0 Å². The van der Waals surface area contributed by atoms with E-state index in [1.807, 2.05) is 0 Å². The van der Waals surface area contributed by atoms with E-state index >= 15 is 0 Å². The number of rotatable bonds is 0. The molecule has 0 unspecified atom stereocenters. The Morgan fingerprint density at radius 3 is 1.29 bits per heavy atom. The van der Waals surface area contributed by atoms with E-state index in [1.54, 1.807) is 45.2 Å². The van der Waals surface area contributed by atoms with Gasteiger partial charge in [0.05, 0.1) is 7.18 Å². The SMILES string of the molecule is CF.FC(I)I.O. The van der Waals surface area contributed by atoms with Gasteiger partial charge < -0.3 is 5.48 Å².